The zero-order valence-electron chi connectivity index (χ0n) is 9.30. The van der Waals surface area contributed by atoms with E-state index in [1.165, 1.54) is 6.33 Å². The SMILES string of the molecule is CCCNCc1cccc(-n2cncn2)n1. The van der Waals surface area contributed by atoms with Crippen LogP contribution in [0.1, 0.15) is 19.0 Å². The molecule has 0 unspecified atom stereocenters. The highest BCUT2D eigenvalue weighted by atomic mass is 15.3. The van der Waals surface area contributed by atoms with Crippen molar-refractivity contribution in [3.05, 3.63) is 36.5 Å². The van der Waals surface area contributed by atoms with Gasteiger partial charge in [0.1, 0.15) is 12.7 Å². The zero-order chi connectivity index (χ0) is 11.2. The van der Waals surface area contributed by atoms with Crippen molar-refractivity contribution < 1.29 is 0 Å². The molecule has 1 N–H and O–H groups in total. The van der Waals surface area contributed by atoms with E-state index in [1.54, 1.807) is 11.0 Å². The van der Waals surface area contributed by atoms with Crippen molar-refractivity contribution in [2.75, 3.05) is 6.54 Å². The maximum atomic E-state index is 4.48. The number of hydrogen-bond donors (Lipinski definition) is 1. The van der Waals surface area contributed by atoms with Crippen LogP contribution >= 0.6 is 0 Å². The molecule has 0 spiro atoms. The third kappa shape index (κ3) is 2.64. The van der Waals surface area contributed by atoms with E-state index < -0.39 is 0 Å². The number of pyridine rings is 1. The van der Waals surface area contributed by atoms with Gasteiger partial charge in [-0.3, -0.25) is 0 Å². The molecule has 5 nitrogen and oxygen atoms in total. The van der Waals surface area contributed by atoms with Crippen LogP contribution in [0.25, 0.3) is 5.82 Å². The van der Waals surface area contributed by atoms with Crippen molar-refractivity contribution in [2.45, 2.75) is 19.9 Å². The van der Waals surface area contributed by atoms with Crippen LogP contribution in [-0.2, 0) is 6.54 Å². The first-order chi connectivity index (χ1) is 7.90. The van der Waals surface area contributed by atoms with Crippen molar-refractivity contribution in [3.63, 3.8) is 0 Å². The monoisotopic (exact) mass is 217 g/mol. The molecule has 0 aliphatic heterocycles. The Hall–Kier alpha value is -1.75. The Bertz CT molecular complexity index is 424. The first-order valence-electron chi connectivity index (χ1n) is 5.42. The normalized spacial score (nSPS) is 10.6. The van der Waals surface area contributed by atoms with E-state index in [4.69, 9.17) is 0 Å². The minimum absolute atomic E-state index is 0.788. The Labute approximate surface area is 94.5 Å². The molecule has 0 bridgehead atoms. The number of aromatic nitrogens is 4. The van der Waals surface area contributed by atoms with Gasteiger partial charge >= 0.3 is 0 Å². The molecule has 5 heteroatoms. The third-order valence-electron chi connectivity index (χ3n) is 2.18. The molecule has 2 rings (SSSR count). The minimum Gasteiger partial charge on any atom is -0.311 e. The zero-order valence-corrected chi connectivity index (χ0v) is 9.30. The summed E-state index contributed by atoms with van der Waals surface area (Å²) in [6, 6.07) is 5.90. The molecule has 0 aliphatic rings. The van der Waals surface area contributed by atoms with Crippen LogP contribution in [0.3, 0.4) is 0 Å². The van der Waals surface area contributed by atoms with E-state index in [-0.39, 0.29) is 0 Å². The highest BCUT2D eigenvalue weighted by molar-refractivity contribution is 5.22. The topological polar surface area (TPSA) is 55.6 Å². The Kier molecular flexibility index (Phi) is 3.61. The fourth-order valence-electron chi connectivity index (χ4n) is 1.41. The van der Waals surface area contributed by atoms with Crippen molar-refractivity contribution >= 4 is 0 Å². The Balaban J connectivity index is 2.08. The molecule has 16 heavy (non-hydrogen) atoms. The van der Waals surface area contributed by atoms with Crippen LogP contribution in [0, 0.1) is 0 Å². The Morgan fingerprint density at radius 3 is 3.06 bits per heavy atom. The van der Waals surface area contributed by atoms with Crippen LogP contribution in [0.2, 0.25) is 0 Å². The lowest BCUT2D eigenvalue weighted by atomic mass is 10.3. The molecule has 0 aliphatic carbocycles. The lowest BCUT2D eigenvalue weighted by Gasteiger charge is -2.04. The van der Waals surface area contributed by atoms with E-state index >= 15 is 0 Å². The van der Waals surface area contributed by atoms with Crippen LogP contribution in [0.15, 0.2) is 30.9 Å². The van der Waals surface area contributed by atoms with Gasteiger partial charge in [0.2, 0.25) is 0 Å². The van der Waals surface area contributed by atoms with Gasteiger partial charge in [-0.2, -0.15) is 5.10 Å². The second-order valence-corrected chi connectivity index (χ2v) is 3.50. The molecular formula is C11H15N5. The summed E-state index contributed by atoms with van der Waals surface area (Å²) in [5.41, 5.74) is 1.02. The third-order valence-corrected chi connectivity index (χ3v) is 2.18. The average Bonchev–Trinajstić information content (AvgIpc) is 2.83. The number of rotatable bonds is 5. The molecule has 0 saturated carbocycles. The van der Waals surface area contributed by atoms with Crippen molar-refractivity contribution in [1.82, 2.24) is 25.1 Å². The van der Waals surface area contributed by atoms with Gasteiger partial charge < -0.3 is 5.32 Å². The van der Waals surface area contributed by atoms with E-state index in [0.29, 0.717) is 0 Å². The summed E-state index contributed by atoms with van der Waals surface area (Å²) in [5.74, 6) is 0.799. The van der Waals surface area contributed by atoms with Crippen LogP contribution < -0.4 is 5.32 Å². The smallest absolute Gasteiger partial charge is 0.155 e. The molecule has 2 heterocycles. The fraction of sp³-hybridized carbons (Fsp3) is 0.364. The molecule has 0 fully saturated rings. The van der Waals surface area contributed by atoms with Crippen molar-refractivity contribution in [3.8, 4) is 5.82 Å². The fourth-order valence-corrected chi connectivity index (χ4v) is 1.41. The summed E-state index contributed by atoms with van der Waals surface area (Å²) in [7, 11) is 0. The summed E-state index contributed by atoms with van der Waals surface area (Å²) in [6.07, 6.45) is 4.28. The molecule has 0 aromatic carbocycles. The molecule has 84 valence electrons. The quantitative estimate of drug-likeness (QED) is 0.764. The molecule has 0 saturated heterocycles. The lowest BCUT2D eigenvalue weighted by Crippen LogP contribution is -2.15. The molecule has 0 amide bonds. The second-order valence-electron chi connectivity index (χ2n) is 3.50. The average molecular weight is 217 g/mol. The second kappa shape index (κ2) is 5.37. The highest BCUT2D eigenvalue weighted by Gasteiger charge is 1.99. The number of hydrogen-bond acceptors (Lipinski definition) is 4. The minimum atomic E-state index is 0.788. The lowest BCUT2D eigenvalue weighted by molar-refractivity contribution is 0.661. The van der Waals surface area contributed by atoms with Gasteiger partial charge in [0.05, 0.1) is 5.69 Å². The maximum absolute atomic E-state index is 4.48. The Morgan fingerprint density at radius 1 is 1.38 bits per heavy atom. The molecule has 2 aromatic heterocycles. The van der Waals surface area contributed by atoms with E-state index in [9.17, 15) is 0 Å². The van der Waals surface area contributed by atoms with Gasteiger partial charge in [-0.05, 0) is 25.1 Å². The van der Waals surface area contributed by atoms with Gasteiger partial charge in [0, 0.05) is 6.54 Å². The molecule has 0 radical (unpaired) electrons. The summed E-state index contributed by atoms with van der Waals surface area (Å²) in [5, 5.41) is 7.36. The standard InChI is InChI=1S/C11H15N5/c1-2-6-12-7-10-4-3-5-11(15-10)16-9-13-8-14-16/h3-5,8-9,12H,2,6-7H2,1H3. The van der Waals surface area contributed by atoms with Gasteiger partial charge in [0.25, 0.3) is 0 Å². The van der Waals surface area contributed by atoms with Crippen LogP contribution in [0.5, 0.6) is 0 Å². The van der Waals surface area contributed by atoms with Gasteiger partial charge in [0.15, 0.2) is 5.82 Å². The summed E-state index contributed by atoms with van der Waals surface area (Å²) in [4.78, 5) is 8.38. The number of nitrogens with zero attached hydrogens (tertiary/aromatic N) is 4. The summed E-state index contributed by atoms with van der Waals surface area (Å²) >= 11 is 0. The first-order valence-corrected chi connectivity index (χ1v) is 5.42. The van der Waals surface area contributed by atoms with Crippen LogP contribution in [0.4, 0.5) is 0 Å². The van der Waals surface area contributed by atoms with Gasteiger partial charge in [-0.1, -0.05) is 13.0 Å². The van der Waals surface area contributed by atoms with E-state index in [0.717, 1.165) is 31.0 Å². The molecule has 2 aromatic rings. The van der Waals surface area contributed by atoms with Crippen LogP contribution in [-0.4, -0.2) is 26.3 Å². The maximum Gasteiger partial charge on any atom is 0.155 e. The first kappa shape index (κ1) is 10.8. The largest absolute Gasteiger partial charge is 0.311 e. The Morgan fingerprint density at radius 2 is 2.31 bits per heavy atom. The highest BCUT2D eigenvalue weighted by Crippen LogP contribution is 2.03. The van der Waals surface area contributed by atoms with E-state index in [2.05, 4.69) is 27.3 Å². The predicted molar refractivity (Wildman–Crippen MR) is 61.2 cm³/mol. The van der Waals surface area contributed by atoms with Crippen molar-refractivity contribution in [2.24, 2.45) is 0 Å². The summed E-state index contributed by atoms with van der Waals surface area (Å²) in [6.45, 7) is 3.94. The van der Waals surface area contributed by atoms with E-state index in [1.807, 2.05) is 18.2 Å². The van der Waals surface area contributed by atoms with Gasteiger partial charge in [-0.25, -0.2) is 14.6 Å². The molecule has 0 atom stereocenters. The van der Waals surface area contributed by atoms with Crippen molar-refractivity contribution in [1.29, 1.82) is 0 Å². The number of nitrogens with one attached hydrogen (secondary N) is 1. The molecular weight excluding hydrogens is 202 g/mol. The van der Waals surface area contributed by atoms with Gasteiger partial charge in [-0.15, -0.1) is 0 Å². The predicted octanol–water partition coefficient (Wildman–Crippen LogP) is 1.16. The summed E-state index contributed by atoms with van der Waals surface area (Å²) < 4.78 is 1.66.